The first-order chi connectivity index (χ1) is 7.64. The number of rotatable bonds is 10. The zero-order valence-electron chi connectivity index (χ0n) is 12.4. The van der Waals surface area contributed by atoms with Crippen molar-refractivity contribution >= 4 is 12.4 Å². The molecule has 1 atom stereocenters. The molecule has 0 saturated heterocycles. The normalized spacial score (nSPS) is 13.2. The molecule has 0 aliphatic rings. The first kappa shape index (κ1) is 19.6. The van der Waals surface area contributed by atoms with Gasteiger partial charge in [0.05, 0.1) is 0 Å². The Balaban J connectivity index is 0. The van der Waals surface area contributed by atoms with Crippen LogP contribution in [0.25, 0.3) is 0 Å². The lowest BCUT2D eigenvalue weighted by atomic mass is 9.76. The van der Waals surface area contributed by atoms with Crippen LogP contribution in [0.3, 0.4) is 0 Å². The Hall–Kier alpha value is 0.250. The summed E-state index contributed by atoms with van der Waals surface area (Å²) >= 11 is 0. The molecule has 0 fully saturated rings. The summed E-state index contributed by atoms with van der Waals surface area (Å²) in [5, 5.41) is 0. The minimum absolute atomic E-state index is 0. The second kappa shape index (κ2) is 11.3. The fourth-order valence-corrected chi connectivity index (χ4v) is 2.72. The van der Waals surface area contributed by atoms with Crippen LogP contribution in [-0.4, -0.2) is 5.54 Å². The van der Waals surface area contributed by atoms with Gasteiger partial charge in [-0.05, 0) is 25.2 Å². The molecule has 0 aliphatic heterocycles. The molecule has 0 rings (SSSR count). The second-order valence-electron chi connectivity index (χ2n) is 5.25. The van der Waals surface area contributed by atoms with E-state index in [2.05, 4.69) is 27.7 Å². The van der Waals surface area contributed by atoms with Gasteiger partial charge in [-0.15, -0.1) is 12.4 Å². The average Bonchev–Trinajstić information content (AvgIpc) is 2.33. The molecule has 0 bridgehead atoms. The molecule has 0 saturated carbocycles. The first-order valence-corrected chi connectivity index (χ1v) is 7.43. The lowest BCUT2D eigenvalue weighted by molar-refractivity contribution is 0.225. The van der Waals surface area contributed by atoms with Crippen LogP contribution >= 0.6 is 12.4 Å². The zero-order valence-corrected chi connectivity index (χ0v) is 13.2. The van der Waals surface area contributed by atoms with Crippen LogP contribution in [0.15, 0.2) is 0 Å². The molecule has 2 heteroatoms. The lowest BCUT2D eigenvalue weighted by Gasteiger charge is -2.36. The van der Waals surface area contributed by atoms with Gasteiger partial charge >= 0.3 is 0 Å². The predicted molar refractivity (Wildman–Crippen MR) is 81.9 cm³/mol. The van der Waals surface area contributed by atoms with Crippen LogP contribution in [0.5, 0.6) is 0 Å². The van der Waals surface area contributed by atoms with Crippen LogP contribution in [0.2, 0.25) is 0 Å². The molecule has 0 aromatic carbocycles. The van der Waals surface area contributed by atoms with Gasteiger partial charge in [-0.2, -0.15) is 0 Å². The quantitative estimate of drug-likeness (QED) is 0.531. The van der Waals surface area contributed by atoms with E-state index in [1.807, 2.05) is 0 Å². The smallest absolute Gasteiger partial charge is 0.0177 e. The summed E-state index contributed by atoms with van der Waals surface area (Å²) in [4.78, 5) is 0. The van der Waals surface area contributed by atoms with Gasteiger partial charge in [0.15, 0.2) is 0 Å². The molecule has 0 radical (unpaired) electrons. The van der Waals surface area contributed by atoms with Gasteiger partial charge in [0, 0.05) is 5.54 Å². The molecule has 1 unspecified atom stereocenters. The van der Waals surface area contributed by atoms with Gasteiger partial charge in [-0.25, -0.2) is 0 Å². The van der Waals surface area contributed by atoms with Crippen molar-refractivity contribution in [1.82, 2.24) is 0 Å². The van der Waals surface area contributed by atoms with E-state index in [0.29, 0.717) is 0 Å². The maximum absolute atomic E-state index is 6.49. The zero-order chi connectivity index (χ0) is 12.4. The van der Waals surface area contributed by atoms with Crippen LogP contribution in [-0.2, 0) is 0 Å². The number of halogens is 1. The van der Waals surface area contributed by atoms with Crippen molar-refractivity contribution < 1.29 is 0 Å². The van der Waals surface area contributed by atoms with Gasteiger partial charge in [-0.1, -0.05) is 66.2 Å². The van der Waals surface area contributed by atoms with Crippen molar-refractivity contribution in [3.05, 3.63) is 0 Å². The molecule has 106 valence electrons. The van der Waals surface area contributed by atoms with E-state index in [-0.39, 0.29) is 17.9 Å². The summed E-state index contributed by atoms with van der Waals surface area (Å²) in [5.41, 5.74) is 6.59. The minimum atomic E-state index is 0. The molecule has 0 spiro atoms. The monoisotopic (exact) mass is 263 g/mol. The molecule has 0 aromatic heterocycles. The van der Waals surface area contributed by atoms with E-state index < -0.39 is 0 Å². The van der Waals surface area contributed by atoms with E-state index in [1.165, 1.54) is 44.9 Å². The molecule has 17 heavy (non-hydrogen) atoms. The lowest BCUT2D eigenvalue weighted by Crippen LogP contribution is -2.45. The van der Waals surface area contributed by atoms with E-state index in [4.69, 9.17) is 5.73 Å². The average molecular weight is 264 g/mol. The highest BCUT2D eigenvalue weighted by atomic mass is 35.5. The molecule has 0 aromatic rings. The highest BCUT2D eigenvalue weighted by Gasteiger charge is 2.29. The number of unbranched alkanes of at least 4 members (excludes halogenated alkanes) is 4. The van der Waals surface area contributed by atoms with Crippen LogP contribution in [0.4, 0.5) is 0 Å². The van der Waals surface area contributed by atoms with Crippen molar-refractivity contribution in [2.45, 2.75) is 91.0 Å². The summed E-state index contributed by atoms with van der Waals surface area (Å²) in [6.07, 6.45) is 11.7. The van der Waals surface area contributed by atoms with Crippen LogP contribution < -0.4 is 5.73 Å². The molecule has 0 aliphatic carbocycles. The molecule has 0 heterocycles. The van der Waals surface area contributed by atoms with Crippen LogP contribution in [0, 0.1) is 5.92 Å². The summed E-state index contributed by atoms with van der Waals surface area (Å²) in [5.74, 6) is 0.726. The number of nitrogens with two attached hydrogens (primary N) is 1. The fraction of sp³-hybridized carbons (Fsp3) is 1.00. The summed E-state index contributed by atoms with van der Waals surface area (Å²) in [6.45, 7) is 9.05. The van der Waals surface area contributed by atoms with Crippen molar-refractivity contribution in [3.63, 3.8) is 0 Å². The van der Waals surface area contributed by atoms with Gasteiger partial charge in [0.25, 0.3) is 0 Å². The largest absolute Gasteiger partial charge is 0.325 e. The van der Waals surface area contributed by atoms with Gasteiger partial charge < -0.3 is 5.73 Å². The molecule has 2 N–H and O–H groups in total. The Morgan fingerprint density at radius 3 is 1.82 bits per heavy atom. The Morgan fingerprint density at radius 2 is 1.41 bits per heavy atom. The minimum Gasteiger partial charge on any atom is -0.325 e. The third kappa shape index (κ3) is 7.31. The van der Waals surface area contributed by atoms with E-state index >= 15 is 0 Å². The summed E-state index contributed by atoms with van der Waals surface area (Å²) in [6, 6.07) is 0. The molecule has 1 nitrogen and oxygen atoms in total. The second-order valence-corrected chi connectivity index (χ2v) is 5.25. The van der Waals surface area contributed by atoms with Crippen molar-refractivity contribution in [2.24, 2.45) is 11.7 Å². The fourth-order valence-electron chi connectivity index (χ4n) is 2.72. The van der Waals surface area contributed by atoms with E-state index in [1.54, 1.807) is 0 Å². The third-order valence-electron chi connectivity index (χ3n) is 4.28. The van der Waals surface area contributed by atoms with Gasteiger partial charge in [0.2, 0.25) is 0 Å². The molecular weight excluding hydrogens is 230 g/mol. The standard InChI is InChI=1S/C15H33N.ClH/c1-5-9-10-11-12-13-14(6-2)15(16,7-3)8-4;/h14H,5-13,16H2,1-4H3;1H. The number of hydrogen-bond donors (Lipinski definition) is 1. The SMILES string of the molecule is CCCCCCCC(CC)C(N)(CC)CC.Cl. The Morgan fingerprint density at radius 1 is 0.882 bits per heavy atom. The van der Waals surface area contributed by atoms with E-state index in [9.17, 15) is 0 Å². The van der Waals surface area contributed by atoms with Crippen molar-refractivity contribution in [2.75, 3.05) is 0 Å². The maximum Gasteiger partial charge on any atom is 0.0177 e. The third-order valence-corrected chi connectivity index (χ3v) is 4.28. The molecule has 0 amide bonds. The summed E-state index contributed by atoms with van der Waals surface area (Å²) < 4.78 is 0. The van der Waals surface area contributed by atoms with E-state index in [0.717, 1.165) is 18.8 Å². The first-order valence-electron chi connectivity index (χ1n) is 7.43. The summed E-state index contributed by atoms with van der Waals surface area (Å²) in [7, 11) is 0. The number of hydrogen-bond acceptors (Lipinski definition) is 1. The highest BCUT2D eigenvalue weighted by molar-refractivity contribution is 5.85. The van der Waals surface area contributed by atoms with Crippen LogP contribution in [0.1, 0.15) is 85.5 Å². The molecular formula is C15H34ClN. The maximum atomic E-state index is 6.49. The van der Waals surface area contributed by atoms with Crippen molar-refractivity contribution in [3.8, 4) is 0 Å². The van der Waals surface area contributed by atoms with Crippen molar-refractivity contribution in [1.29, 1.82) is 0 Å². The highest BCUT2D eigenvalue weighted by Crippen LogP contribution is 2.29. The van der Waals surface area contributed by atoms with Gasteiger partial charge in [-0.3, -0.25) is 0 Å². The Bertz CT molecular complexity index is 155. The predicted octanol–water partition coefficient (Wildman–Crippen LogP) is 5.31. The Labute approximate surface area is 115 Å². The van der Waals surface area contributed by atoms with Gasteiger partial charge in [0.1, 0.15) is 0 Å². The topological polar surface area (TPSA) is 26.0 Å². The Kier molecular flexibility index (Phi) is 13.1.